The number of aromatic nitrogens is 4. The van der Waals surface area contributed by atoms with E-state index in [0.717, 1.165) is 50.9 Å². The summed E-state index contributed by atoms with van der Waals surface area (Å²) in [6.45, 7) is 3.34. The molecule has 0 saturated carbocycles. The van der Waals surface area contributed by atoms with Crippen LogP contribution in [0.5, 0.6) is 0 Å². The third-order valence-electron chi connectivity index (χ3n) is 4.44. The molecule has 1 aliphatic rings. The van der Waals surface area contributed by atoms with Crippen LogP contribution in [0.1, 0.15) is 25.7 Å². The number of hydrogen-bond acceptors (Lipinski definition) is 5. The van der Waals surface area contributed by atoms with Gasteiger partial charge in [0.15, 0.2) is 0 Å². The van der Waals surface area contributed by atoms with E-state index in [1.165, 1.54) is 0 Å². The molecule has 1 unspecified atom stereocenters. The maximum atomic E-state index is 10.9. The minimum atomic E-state index is -0.663. The van der Waals surface area contributed by atoms with Gasteiger partial charge in [-0.15, -0.1) is 22.6 Å². The van der Waals surface area contributed by atoms with Crippen molar-refractivity contribution < 1.29 is 9.90 Å². The second kappa shape index (κ2) is 9.48. The number of unbranched alkanes of at least 4 members (excludes halogenated alkanes) is 2. The van der Waals surface area contributed by atoms with Gasteiger partial charge in [-0.3, -0.25) is 4.79 Å². The Morgan fingerprint density at radius 1 is 1.16 bits per heavy atom. The van der Waals surface area contributed by atoms with E-state index in [2.05, 4.69) is 20.3 Å². The van der Waals surface area contributed by atoms with Crippen LogP contribution in [-0.2, 0) is 11.3 Å². The van der Waals surface area contributed by atoms with Gasteiger partial charge in [-0.25, -0.2) is 0 Å². The van der Waals surface area contributed by atoms with Crippen LogP contribution in [0.4, 0.5) is 0 Å². The van der Waals surface area contributed by atoms with Crippen molar-refractivity contribution in [1.29, 1.82) is 0 Å². The van der Waals surface area contributed by atoms with E-state index in [-0.39, 0.29) is 18.3 Å². The summed E-state index contributed by atoms with van der Waals surface area (Å²) < 4.78 is 0. The highest BCUT2D eigenvalue weighted by molar-refractivity contribution is 5.85. The molecular weight excluding hydrogens is 342 g/mol. The van der Waals surface area contributed by atoms with Crippen molar-refractivity contribution in [1.82, 2.24) is 25.1 Å². The zero-order valence-corrected chi connectivity index (χ0v) is 14.9. The first kappa shape index (κ1) is 19.3. The van der Waals surface area contributed by atoms with Gasteiger partial charge in [-0.1, -0.05) is 36.8 Å². The topological polar surface area (TPSA) is 84.1 Å². The summed E-state index contributed by atoms with van der Waals surface area (Å²) in [7, 11) is 0. The summed E-state index contributed by atoms with van der Waals surface area (Å²) in [4.78, 5) is 14.8. The number of tetrazole rings is 1. The molecule has 1 N–H and O–H groups in total. The van der Waals surface area contributed by atoms with E-state index in [0.29, 0.717) is 12.4 Å². The van der Waals surface area contributed by atoms with Gasteiger partial charge in [-0.2, -0.15) is 4.80 Å². The first-order valence-electron chi connectivity index (χ1n) is 8.51. The van der Waals surface area contributed by atoms with Gasteiger partial charge in [0.1, 0.15) is 0 Å². The minimum Gasteiger partial charge on any atom is -0.481 e. The Kier molecular flexibility index (Phi) is 7.33. The normalized spacial score (nSPS) is 17.4. The van der Waals surface area contributed by atoms with Crippen LogP contribution in [0.2, 0.25) is 0 Å². The smallest absolute Gasteiger partial charge is 0.307 e. The standard InChI is InChI=1S/C17H23N5O2.ClH/c23-17(24)15-9-12-21(13-15)10-5-2-6-11-22-19-16(18-20-22)14-7-3-1-4-8-14;/h1,3-4,7-8,15H,2,5-6,9-13H2,(H,23,24);1H. The third kappa shape index (κ3) is 5.51. The average Bonchev–Trinajstić information content (AvgIpc) is 3.25. The Morgan fingerprint density at radius 3 is 2.64 bits per heavy atom. The lowest BCUT2D eigenvalue weighted by atomic mass is 10.1. The lowest BCUT2D eigenvalue weighted by molar-refractivity contribution is -0.141. The highest BCUT2D eigenvalue weighted by Gasteiger charge is 2.27. The number of benzene rings is 1. The first-order chi connectivity index (χ1) is 11.7. The van der Waals surface area contributed by atoms with Gasteiger partial charge in [0.05, 0.1) is 12.5 Å². The van der Waals surface area contributed by atoms with Gasteiger partial charge in [-0.05, 0) is 37.6 Å². The van der Waals surface area contributed by atoms with E-state index in [1.807, 2.05) is 30.3 Å². The molecule has 7 nitrogen and oxygen atoms in total. The molecule has 1 saturated heterocycles. The summed E-state index contributed by atoms with van der Waals surface area (Å²) in [5, 5.41) is 21.6. The zero-order valence-electron chi connectivity index (χ0n) is 14.1. The van der Waals surface area contributed by atoms with Crippen LogP contribution in [0.25, 0.3) is 11.4 Å². The Hall–Kier alpha value is -1.99. The fraction of sp³-hybridized carbons (Fsp3) is 0.529. The summed E-state index contributed by atoms with van der Waals surface area (Å²) >= 11 is 0. The molecule has 3 rings (SSSR count). The second-order valence-electron chi connectivity index (χ2n) is 6.26. The van der Waals surface area contributed by atoms with Crippen LogP contribution >= 0.6 is 12.4 Å². The number of halogens is 1. The van der Waals surface area contributed by atoms with Crippen molar-refractivity contribution in [2.24, 2.45) is 5.92 Å². The monoisotopic (exact) mass is 365 g/mol. The summed E-state index contributed by atoms with van der Waals surface area (Å²) in [5.74, 6) is -0.183. The number of aryl methyl sites for hydroxylation is 1. The van der Waals surface area contributed by atoms with Crippen molar-refractivity contribution in [3.8, 4) is 11.4 Å². The SMILES string of the molecule is Cl.O=C(O)C1CCN(CCCCCn2nnc(-c3ccccc3)n2)C1. The molecule has 0 bridgehead atoms. The molecule has 0 aliphatic carbocycles. The Bertz CT molecular complexity index is 664. The molecule has 136 valence electrons. The van der Waals surface area contributed by atoms with Crippen molar-refractivity contribution in [2.45, 2.75) is 32.2 Å². The van der Waals surface area contributed by atoms with Crippen LogP contribution in [0.15, 0.2) is 30.3 Å². The minimum absolute atomic E-state index is 0. The molecule has 2 heterocycles. The summed E-state index contributed by atoms with van der Waals surface area (Å²) in [5.41, 5.74) is 0.978. The van der Waals surface area contributed by atoms with Crippen LogP contribution in [0.3, 0.4) is 0 Å². The molecule has 25 heavy (non-hydrogen) atoms. The lowest BCUT2D eigenvalue weighted by Gasteiger charge is -2.14. The highest BCUT2D eigenvalue weighted by Crippen LogP contribution is 2.17. The van der Waals surface area contributed by atoms with Crippen molar-refractivity contribution >= 4 is 18.4 Å². The predicted octanol–water partition coefficient (Wildman–Crippen LogP) is 2.34. The largest absolute Gasteiger partial charge is 0.481 e. The number of rotatable bonds is 8. The van der Waals surface area contributed by atoms with Crippen molar-refractivity contribution in [3.63, 3.8) is 0 Å². The van der Waals surface area contributed by atoms with E-state index in [4.69, 9.17) is 5.11 Å². The van der Waals surface area contributed by atoms with Gasteiger partial charge >= 0.3 is 5.97 Å². The number of carboxylic acid groups (broad SMARTS) is 1. The molecule has 1 aliphatic heterocycles. The number of likely N-dealkylation sites (tertiary alicyclic amines) is 1. The van der Waals surface area contributed by atoms with Gasteiger partial charge in [0.25, 0.3) is 0 Å². The van der Waals surface area contributed by atoms with E-state index >= 15 is 0 Å². The molecule has 1 fully saturated rings. The molecule has 0 amide bonds. The molecule has 1 aromatic heterocycles. The maximum Gasteiger partial charge on any atom is 0.307 e. The molecule has 0 radical (unpaired) electrons. The lowest BCUT2D eigenvalue weighted by Crippen LogP contribution is -2.24. The zero-order chi connectivity index (χ0) is 16.8. The van der Waals surface area contributed by atoms with Gasteiger partial charge in [0, 0.05) is 12.1 Å². The molecule has 2 aromatic rings. The first-order valence-corrected chi connectivity index (χ1v) is 8.51. The van der Waals surface area contributed by atoms with E-state index in [1.54, 1.807) is 4.80 Å². The number of hydrogen-bond donors (Lipinski definition) is 1. The number of carboxylic acids is 1. The maximum absolute atomic E-state index is 10.9. The van der Waals surface area contributed by atoms with Gasteiger partial charge in [0.2, 0.25) is 5.82 Å². The van der Waals surface area contributed by atoms with E-state index in [9.17, 15) is 4.79 Å². The van der Waals surface area contributed by atoms with Crippen molar-refractivity contribution in [2.75, 3.05) is 19.6 Å². The molecule has 0 spiro atoms. The highest BCUT2D eigenvalue weighted by atomic mass is 35.5. The quantitative estimate of drug-likeness (QED) is 0.723. The molecular formula is C17H24ClN5O2. The van der Waals surface area contributed by atoms with Crippen LogP contribution in [-0.4, -0.2) is 55.8 Å². The average molecular weight is 366 g/mol. The number of carbonyl (C=O) groups is 1. The predicted molar refractivity (Wildman–Crippen MR) is 96.5 cm³/mol. The Morgan fingerprint density at radius 2 is 1.92 bits per heavy atom. The number of nitrogens with zero attached hydrogens (tertiary/aromatic N) is 5. The summed E-state index contributed by atoms with van der Waals surface area (Å²) in [6.07, 6.45) is 3.93. The third-order valence-corrected chi connectivity index (χ3v) is 4.44. The Labute approximate surface area is 153 Å². The molecule has 8 heteroatoms. The number of aliphatic carboxylic acids is 1. The molecule has 1 aromatic carbocycles. The fourth-order valence-electron chi connectivity index (χ4n) is 3.04. The van der Waals surface area contributed by atoms with Crippen LogP contribution in [0, 0.1) is 5.92 Å². The van der Waals surface area contributed by atoms with E-state index < -0.39 is 5.97 Å². The van der Waals surface area contributed by atoms with Gasteiger partial charge < -0.3 is 10.0 Å². The van der Waals surface area contributed by atoms with Crippen molar-refractivity contribution in [3.05, 3.63) is 30.3 Å². The molecule has 1 atom stereocenters. The second-order valence-corrected chi connectivity index (χ2v) is 6.26. The summed E-state index contributed by atoms with van der Waals surface area (Å²) in [6, 6.07) is 9.84. The van der Waals surface area contributed by atoms with Crippen LogP contribution < -0.4 is 0 Å². The Balaban J connectivity index is 0.00000225. The fourth-order valence-corrected chi connectivity index (χ4v) is 3.04.